The Labute approximate surface area is 174 Å². The molecule has 0 unspecified atom stereocenters. The van der Waals surface area contributed by atoms with Crippen LogP contribution < -0.4 is 14.8 Å². The van der Waals surface area contributed by atoms with Crippen molar-refractivity contribution in [2.45, 2.75) is 18.6 Å². The Morgan fingerprint density at radius 3 is 2.66 bits per heavy atom. The van der Waals surface area contributed by atoms with Gasteiger partial charge >= 0.3 is 0 Å². The summed E-state index contributed by atoms with van der Waals surface area (Å²) < 4.78 is 10.5. The van der Waals surface area contributed by atoms with E-state index in [4.69, 9.17) is 9.47 Å². The predicted molar refractivity (Wildman–Crippen MR) is 115 cm³/mol. The van der Waals surface area contributed by atoms with Crippen LogP contribution in [0, 0.1) is 6.92 Å². The van der Waals surface area contributed by atoms with Crippen LogP contribution in [0.1, 0.15) is 12.0 Å². The molecule has 0 radical (unpaired) electrons. The van der Waals surface area contributed by atoms with Crippen molar-refractivity contribution in [3.63, 3.8) is 0 Å². The van der Waals surface area contributed by atoms with Crippen LogP contribution in [-0.4, -0.2) is 48.4 Å². The van der Waals surface area contributed by atoms with Gasteiger partial charge in [0.25, 0.3) is 0 Å². The minimum Gasteiger partial charge on any atom is -0.497 e. The summed E-state index contributed by atoms with van der Waals surface area (Å²) in [6, 6.07) is 12.8. The molecule has 0 aliphatic carbocycles. The van der Waals surface area contributed by atoms with Crippen LogP contribution in [0.4, 0.5) is 11.4 Å². The lowest BCUT2D eigenvalue weighted by Gasteiger charge is -2.12. The summed E-state index contributed by atoms with van der Waals surface area (Å²) in [5.41, 5.74) is 2.35. The number of hydrogen-bond donors (Lipinski definition) is 1. The second-order valence-corrected chi connectivity index (χ2v) is 7.67. The van der Waals surface area contributed by atoms with Gasteiger partial charge in [0.1, 0.15) is 16.7 Å². The molecule has 1 fully saturated rings. The fourth-order valence-corrected chi connectivity index (χ4v) is 4.01. The Hall–Kier alpha value is -3.00. The maximum absolute atomic E-state index is 12.6. The summed E-state index contributed by atoms with van der Waals surface area (Å²) in [4.78, 5) is 31.2. The van der Waals surface area contributed by atoms with E-state index in [-0.39, 0.29) is 18.2 Å². The molecule has 2 aromatic carbocycles. The van der Waals surface area contributed by atoms with Crippen LogP contribution in [0.2, 0.25) is 0 Å². The van der Waals surface area contributed by atoms with E-state index in [1.165, 1.54) is 23.8 Å². The number of amides is 2. The Morgan fingerprint density at radius 1 is 1.21 bits per heavy atom. The minimum absolute atomic E-state index is 0.0375. The summed E-state index contributed by atoms with van der Waals surface area (Å²) in [5.74, 6) is 0.700. The summed E-state index contributed by atoms with van der Waals surface area (Å²) >= 11 is 1.30. The highest BCUT2D eigenvalue weighted by atomic mass is 32.2. The molecule has 7 nitrogen and oxygen atoms in total. The third kappa shape index (κ3) is 4.71. The van der Waals surface area contributed by atoms with Crippen LogP contribution in [0.5, 0.6) is 11.5 Å². The predicted octanol–water partition coefficient (Wildman–Crippen LogP) is 3.60. The molecule has 29 heavy (non-hydrogen) atoms. The van der Waals surface area contributed by atoms with Gasteiger partial charge in [0, 0.05) is 19.5 Å². The monoisotopic (exact) mass is 413 g/mol. The Kier molecular flexibility index (Phi) is 6.43. The highest BCUT2D eigenvalue weighted by Crippen LogP contribution is 2.33. The Morgan fingerprint density at radius 2 is 1.97 bits per heavy atom. The first-order valence-electron chi connectivity index (χ1n) is 9.03. The van der Waals surface area contributed by atoms with Gasteiger partial charge in [0.15, 0.2) is 5.17 Å². The number of hydrogen-bond acceptors (Lipinski definition) is 6. The van der Waals surface area contributed by atoms with Gasteiger partial charge < -0.3 is 14.8 Å². The summed E-state index contributed by atoms with van der Waals surface area (Å²) in [6.07, 6.45) is 0.0375. The molecule has 1 aliphatic heterocycles. The molecule has 0 bridgehead atoms. The molecule has 2 amide bonds. The highest BCUT2D eigenvalue weighted by molar-refractivity contribution is 8.15. The zero-order valence-corrected chi connectivity index (χ0v) is 17.6. The van der Waals surface area contributed by atoms with E-state index in [0.717, 1.165) is 11.3 Å². The summed E-state index contributed by atoms with van der Waals surface area (Å²) in [7, 11) is 4.75. The number of carbonyl (C=O) groups excluding carboxylic acids is 2. The number of rotatable bonds is 6. The number of thioether (sulfide) groups is 1. The number of amidine groups is 1. The molecule has 8 heteroatoms. The van der Waals surface area contributed by atoms with Gasteiger partial charge in [0.05, 0.1) is 25.6 Å². The van der Waals surface area contributed by atoms with Gasteiger partial charge in [0.2, 0.25) is 11.8 Å². The fourth-order valence-electron chi connectivity index (χ4n) is 2.86. The molecule has 152 valence electrons. The maximum Gasteiger partial charge on any atom is 0.242 e. The van der Waals surface area contributed by atoms with Crippen molar-refractivity contribution >= 4 is 40.1 Å². The van der Waals surface area contributed by atoms with Crippen molar-refractivity contribution in [3.05, 3.63) is 48.0 Å². The lowest BCUT2D eigenvalue weighted by atomic mass is 10.2. The Balaban J connectivity index is 1.70. The lowest BCUT2D eigenvalue weighted by molar-refractivity contribution is -0.127. The number of anilines is 1. The Bertz CT molecular complexity index is 961. The lowest BCUT2D eigenvalue weighted by Crippen LogP contribution is -2.30. The van der Waals surface area contributed by atoms with Gasteiger partial charge in [-0.25, -0.2) is 4.99 Å². The van der Waals surface area contributed by atoms with E-state index in [0.29, 0.717) is 22.4 Å². The first kappa shape index (κ1) is 20.7. The number of aliphatic imine (C=N–C) groups is 1. The van der Waals surface area contributed by atoms with Gasteiger partial charge in [-0.05, 0) is 30.7 Å². The highest BCUT2D eigenvalue weighted by Gasteiger charge is 2.37. The van der Waals surface area contributed by atoms with E-state index in [1.54, 1.807) is 32.4 Å². The number of carbonyl (C=O) groups is 2. The number of nitrogens with one attached hydrogen (secondary N) is 1. The molecule has 1 heterocycles. The molecule has 3 rings (SSSR count). The zero-order valence-electron chi connectivity index (χ0n) is 16.8. The summed E-state index contributed by atoms with van der Waals surface area (Å²) in [5, 5.41) is 2.87. The van der Waals surface area contributed by atoms with E-state index in [2.05, 4.69) is 10.3 Å². The number of benzene rings is 2. The van der Waals surface area contributed by atoms with Gasteiger partial charge in [-0.15, -0.1) is 0 Å². The van der Waals surface area contributed by atoms with E-state index >= 15 is 0 Å². The van der Waals surface area contributed by atoms with Crippen LogP contribution in [0.25, 0.3) is 0 Å². The smallest absolute Gasteiger partial charge is 0.242 e. The third-order valence-corrected chi connectivity index (χ3v) is 5.75. The third-order valence-electron chi connectivity index (χ3n) is 4.53. The molecule has 1 saturated heterocycles. The molecule has 1 N–H and O–H groups in total. The van der Waals surface area contributed by atoms with Gasteiger partial charge in [-0.2, -0.15) is 0 Å². The van der Waals surface area contributed by atoms with Crippen molar-refractivity contribution < 1.29 is 19.1 Å². The summed E-state index contributed by atoms with van der Waals surface area (Å²) in [6.45, 7) is 1.97. The standard InChI is InChI=1S/C21H23N3O4S/c1-13-7-5-6-8-15(13)23-21-24(2)20(26)18(29-21)12-19(25)22-16-10-9-14(27-3)11-17(16)28-4/h5-11,18H,12H2,1-4H3,(H,22,25)/t18-/m0/s1. The van der Waals surface area contributed by atoms with E-state index in [9.17, 15) is 9.59 Å². The molecule has 2 aromatic rings. The second-order valence-electron chi connectivity index (χ2n) is 6.50. The first-order chi connectivity index (χ1) is 13.9. The maximum atomic E-state index is 12.6. The normalized spacial score (nSPS) is 17.5. The first-order valence-corrected chi connectivity index (χ1v) is 9.91. The van der Waals surface area contributed by atoms with Crippen molar-refractivity contribution in [1.82, 2.24) is 4.90 Å². The van der Waals surface area contributed by atoms with Crippen molar-refractivity contribution in [1.29, 1.82) is 0 Å². The number of ether oxygens (including phenoxy) is 2. The molecule has 1 atom stereocenters. The number of nitrogens with zero attached hydrogens (tertiary/aromatic N) is 2. The number of aryl methyl sites for hydroxylation is 1. The largest absolute Gasteiger partial charge is 0.497 e. The zero-order chi connectivity index (χ0) is 21.0. The topological polar surface area (TPSA) is 80.2 Å². The fraction of sp³-hybridized carbons (Fsp3) is 0.286. The second kappa shape index (κ2) is 9.00. The van der Waals surface area contributed by atoms with E-state index in [1.807, 2.05) is 31.2 Å². The minimum atomic E-state index is -0.521. The van der Waals surface area contributed by atoms with Crippen LogP contribution >= 0.6 is 11.8 Å². The van der Waals surface area contributed by atoms with Gasteiger partial charge in [-0.1, -0.05) is 30.0 Å². The van der Waals surface area contributed by atoms with E-state index < -0.39 is 5.25 Å². The SMILES string of the molecule is COc1ccc(NC(=O)C[C@@H]2SC(=Nc3ccccc3C)N(C)C2=O)c(OC)c1. The van der Waals surface area contributed by atoms with Crippen molar-refractivity contribution in [2.24, 2.45) is 4.99 Å². The average Bonchev–Trinajstić information content (AvgIpc) is 2.97. The van der Waals surface area contributed by atoms with Crippen molar-refractivity contribution in [3.8, 4) is 11.5 Å². The molecule has 0 spiro atoms. The average molecular weight is 413 g/mol. The number of para-hydroxylation sites is 1. The quantitative estimate of drug-likeness (QED) is 0.783. The molecule has 0 saturated carbocycles. The molecule has 0 aromatic heterocycles. The molecule has 1 aliphatic rings. The number of methoxy groups -OCH3 is 2. The molecular weight excluding hydrogens is 390 g/mol. The van der Waals surface area contributed by atoms with Crippen LogP contribution in [0.3, 0.4) is 0 Å². The van der Waals surface area contributed by atoms with Crippen molar-refractivity contribution in [2.75, 3.05) is 26.6 Å². The van der Waals surface area contributed by atoms with Crippen LogP contribution in [0.15, 0.2) is 47.5 Å². The molecular formula is C21H23N3O4S. The van der Waals surface area contributed by atoms with Gasteiger partial charge in [-0.3, -0.25) is 14.5 Å². The van der Waals surface area contributed by atoms with Crippen LogP contribution in [-0.2, 0) is 9.59 Å².